The summed E-state index contributed by atoms with van der Waals surface area (Å²) in [7, 11) is 0. The van der Waals surface area contributed by atoms with Crippen molar-refractivity contribution in [2.75, 3.05) is 6.54 Å². The van der Waals surface area contributed by atoms with Crippen LogP contribution in [0.1, 0.15) is 58.1 Å². The predicted octanol–water partition coefficient (Wildman–Crippen LogP) is 5.08. The summed E-state index contributed by atoms with van der Waals surface area (Å²) in [5.41, 5.74) is 1.26. The first kappa shape index (κ1) is 15.8. The Labute approximate surface area is 131 Å². The van der Waals surface area contributed by atoms with Gasteiger partial charge in [0.15, 0.2) is 0 Å². The first-order chi connectivity index (χ1) is 9.60. The fourth-order valence-corrected chi connectivity index (χ4v) is 3.25. The highest BCUT2D eigenvalue weighted by Crippen LogP contribution is 2.33. The van der Waals surface area contributed by atoms with Gasteiger partial charge in [0.25, 0.3) is 0 Å². The average molecular weight is 340 g/mol. The maximum Gasteiger partial charge on any atom is 0.125 e. The number of ether oxygens (including phenoxy) is 1. The minimum atomic E-state index is 0.325. The van der Waals surface area contributed by atoms with Crippen LogP contribution in [0.25, 0.3) is 0 Å². The molecule has 1 aromatic carbocycles. The zero-order chi connectivity index (χ0) is 14.5. The lowest BCUT2D eigenvalue weighted by Gasteiger charge is -2.28. The summed E-state index contributed by atoms with van der Waals surface area (Å²) in [6.45, 7) is 7.65. The Balaban J connectivity index is 2.10. The number of benzene rings is 1. The second-order valence-corrected chi connectivity index (χ2v) is 6.88. The molecule has 1 aliphatic carbocycles. The molecule has 1 aliphatic rings. The second kappa shape index (κ2) is 7.46. The number of nitrogens with one attached hydrogen (secondary N) is 1. The van der Waals surface area contributed by atoms with Gasteiger partial charge in [0.1, 0.15) is 5.75 Å². The lowest BCUT2D eigenvalue weighted by Crippen LogP contribution is -2.25. The minimum absolute atomic E-state index is 0.325. The molecule has 2 rings (SSSR count). The highest BCUT2D eigenvalue weighted by atomic mass is 79.9. The fraction of sp³-hybridized carbons (Fsp3) is 0.647. The maximum atomic E-state index is 6.31. The molecular weight excluding hydrogens is 314 g/mol. The van der Waals surface area contributed by atoms with Crippen molar-refractivity contribution in [1.29, 1.82) is 0 Å². The Kier molecular flexibility index (Phi) is 5.91. The van der Waals surface area contributed by atoms with Crippen LogP contribution in [0.2, 0.25) is 0 Å². The Hall–Kier alpha value is -0.540. The third kappa shape index (κ3) is 4.23. The summed E-state index contributed by atoms with van der Waals surface area (Å²) in [5.74, 6) is 1.89. The van der Waals surface area contributed by atoms with Gasteiger partial charge in [-0.15, -0.1) is 0 Å². The Morgan fingerprint density at radius 3 is 2.65 bits per heavy atom. The van der Waals surface area contributed by atoms with Crippen LogP contribution in [0.5, 0.6) is 5.75 Å². The smallest absolute Gasteiger partial charge is 0.125 e. The Morgan fingerprint density at radius 1 is 1.30 bits per heavy atom. The number of hydrogen-bond acceptors (Lipinski definition) is 2. The molecule has 1 fully saturated rings. The van der Waals surface area contributed by atoms with Gasteiger partial charge in [-0.25, -0.2) is 0 Å². The summed E-state index contributed by atoms with van der Waals surface area (Å²) >= 11 is 3.56. The summed E-state index contributed by atoms with van der Waals surface area (Å²) in [6, 6.07) is 6.70. The zero-order valence-electron chi connectivity index (χ0n) is 12.8. The molecule has 112 valence electrons. The average Bonchev–Trinajstić information content (AvgIpc) is 2.42. The molecule has 2 nitrogen and oxygen atoms in total. The van der Waals surface area contributed by atoms with Crippen LogP contribution in [-0.2, 0) is 0 Å². The molecule has 0 spiro atoms. The lowest BCUT2D eigenvalue weighted by molar-refractivity contribution is 0.133. The van der Waals surface area contributed by atoms with Crippen molar-refractivity contribution >= 4 is 15.9 Å². The topological polar surface area (TPSA) is 21.3 Å². The monoisotopic (exact) mass is 339 g/mol. The Morgan fingerprint density at radius 2 is 2.00 bits per heavy atom. The van der Waals surface area contributed by atoms with E-state index in [-0.39, 0.29) is 0 Å². The number of rotatable bonds is 5. The largest absolute Gasteiger partial charge is 0.490 e. The van der Waals surface area contributed by atoms with E-state index < -0.39 is 0 Å². The van der Waals surface area contributed by atoms with Crippen LogP contribution in [0, 0.1) is 5.92 Å². The van der Waals surface area contributed by atoms with Gasteiger partial charge in [0.2, 0.25) is 0 Å². The van der Waals surface area contributed by atoms with Gasteiger partial charge in [-0.05, 0) is 57.2 Å². The van der Waals surface area contributed by atoms with Crippen LogP contribution in [0.15, 0.2) is 22.7 Å². The molecule has 3 heteroatoms. The van der Waals surface area contributed by atoms with E-state index in [9.17, 15) is 0 Å². The third-order valence-electron chi connectivity index (χ3n) is 4.21. The number of halogens is 1. The number of hydrogen-bond donors (Lipinski definition) is 1. The van der Waals surface area contributed by atoms with Crippen molar-refractivity contribution in [2.24, 2.45) is 5.92 Å². The molecule has 20 heavy (non-hydrogen) atoms. The van der Waals surface area contributed by atoms with E-state index in [1.165, 1.54) is 31.2 Å². The third-order valence-corrected chi connectivity index (χ3v) is 4.70. The second-order valence-electron chi connectivity index (χ2n) is 5.96. The maximum absolute atomic E-state index is 6.31. The summed E-state index contributed by atoms with van der Waals surface area (Å²) in [4.78, 5) is 0. The molecule has 0 bridgehead atoms. The van der Waals surface area contributed by atoms with Crippen molar-refractivity contribution in [3.05, 3.63) is 28.2 Å². The molecular formula is C17H26BrNO. The molecule has 0 aromatic heterocycles. The van der Waals surface area contributed by atoms with Crippen LogP contribution in [0.3, 0.4) is 0 Å². The van der Waals surface area contributed by atoms with E-state index in [1.807, 2.05) is 0 Å². The van der Waals surface area contributed by atoms with Crippen molar-refractivity contribution in [2.45, 2.75) is 58.6 Å². The molecule has 1 unspecified atom stereocenters. The quantitative estimate of drug-likeness (QED) is 0.807. The zero-order valence-corrected chi connectivity index (χ0v) is 14.4. The molecule has 1 aromatic rings. The van der Waals surface area contributed by atoms with Gasteiger partial charge in [-0.2, -0.15) is 0 Å². The highest BCUT2D eigenvalue weighted by molar-refractivity contribution is 9.10. The van der Waals surface area contributed by atoms with Gasteiger partial charge >= 0.3 is 0 Å². The van der Waals surface area contributed by atoms with Gasteiger partial charge in [0.05, 0.1) is 6.10 Å². The van der Waals surface area contributed by atoms with Crippen LogP contribution in [0.4, 0.5) is 0 Å². The predicted molar refractivity (Wildman–Crippen MR) is 88.3 cm³/mol. The summed E-state index contributed by atoms with van der Waals surface area (Å²) < 4.78 is 7.40. The van der Waals surface area contributed by atoms with E-state index in [2.05, 4.69) is 60.2 Å². The highest BCUT2D eigenvalue weighted by Gasteiger charge is 2.21. The van der Waals surface area contributed by atoms with Gasteiger partial charge < -0.3 is 10.1 Å². The van der Waals surface area contributed by atoms with Crippen molar-refractivity contribution in [1.82, 2.24) is 5.32 Å². The van der Waals surface area contributed by atoms with Crippen LogP contribution in [-0.4, -0.2) is 12.6 Å². The van der Waals surface area contributed by atoms with Crippen LogP contribution >= 0.6 is 15.9 Å². The molecule has 0 saturated heterocycles. The molecule has 1 atom stereocenters. The van der Waals surface area contributed by atoms with Gasteiger partial charge in [0, 0.05) is 16.1 Å². The normalized spacial score (nSPS) is 24.4. The SMILES string of the molecule is CCNC(C)c1ccc(Br)cc1OC1CCC(C)CC1. The van der Waals surface area contributed by atoms with E-state index >= 15 is 0 Å². The molecule has 0 radical (unpaired) electrons. The van der Waals surface area contributed by atoms with E-state index in [0.29, 0.717) is 12.1 Å². The van der Waals surface area contributed by atoms with Crippen molar-refractivity contribution in [3.63, 3.8) is 0 Å². The standard InChI is InChI=1S/C17H26BrNO/c1-4-19-13(3)16-10-7-14(18)11-17(16)20-15-8-5-12(2)6-9-15/h7,10-13,15,19H,4-6,8-9H2,1-3H3. The van der Waals surface area contributed by atoms with E-state index in [4.69, 9.17) is 4.74 Å². The lowest BCUT2D eigenvalue weighted by atomic mass is 9.89. The first-order valence-electron chi connectivity index (χ1n) is 7.79. The summed E-state index contributed by atoms with van der Waals surface area (Å²) in [5, 5.41) is 3.47. The molecule has 0 heterocycles. The Bertz CT molecular complexity index is 427. The van der Waals surface area contributed by atoms with Crippen LogP contribution < -0.4 is 10.1 Å². The molecule has 1 N–H and O–H groups in total. The van der Waals surface area contributed by atoms with E-state index in [0.717, 1.165) is 22.7 Å². The molecule has 0 aliphatic heterocycles. The van der Waals surface area contributed by atoms with E-state index in [1.54, 1.807) is 0 Å². The first-order valence-corrected chi connectivity index (χ1v) is 8.59. The summed E-state index contributed by atoms with van der Waals surface area (Å²) in [6.07, 6.45) is 5.33. The fourth-order valence-electron chi connectivity index (χ4n) is 2.91. The van der Waals surface area contributed by atoms with Crippen molar-refractivity contribution < 1.29 is 4.74 Å². The molecule has 0 amide bonds. The van der Waals surface area contributed by atoms with Gasteiger partial charge in [-0.1, -0.05) is 35.8 Å². The van der Waals surface area contributed by atoms with Gasteiger partial charge in [-0.3, -0.25) is 0 Å². The minimum Gasteiger partial charge on any atom is -0.490 e. The molecule has 1 saturated carbocycles. The van der Waals surface area contributed by atoms with Crippen molar-refractivity contribution in [3.8, 4) is 5.75 Å².